The van der Waals surface area contributed by atoms with Gasteiger partial charge in [0, 0.05) is 16.6 Å². The first kappa shape index (κ1) is 16.6. The van der Waals surface area contributed by atoms with Crippen molar-refractivity contribution in [3.05, 3.63) is 68.7 Å². The molecule has 0 bridgehead atoms. The number of nitrogens with zero attached hydrogens (tertiary/aromatic N) is 1. The molecule has 0 unspecified atom stereocenters. The standard InChI is InChI=1S/C19H15BrClNO3/c20-12-6-7-16(21)14(10-12)17(23)22-9-3-8-19(11-22)15-5-2-1-4-13(15)18(24)25-19/h1-2,4-7,10H,3,8-9,11H2/t19-/m0/s1. The molecule has 0 aromatic heterocycles. The Morgan fingerprint density at radius 1 is 1.24 bits per heavy atom. The van der Waals surface area contributed by atoms with Crippen molar-refractivity contribution in [2.75, 3.05) is 13.1 Å². The third kappa shape index (κ3) is 2.75. The number of rotatable bonds is 1. The first-order valence-electron chi connectivity index (χ1n) is 8.07. The van der Waals surface area contributed by atoms with Crippen LogP contribution in [0.3, 0.4) is 0 Å². The van der Waals surface area contributed by atoms with E-state index in [0.717, 1.165) is 16.5 Å². The van der Waals surface area contributed by atoms with E-state index in [1.54, 1.807) is 29.2 Å². The lowest BCUT2D eigenvalue weighted by molar-refractivity contribution is -0.0442. The van der Waals surface area contributed by atoms with Crippen molar-refractivity contribution < 1.29 is 14.3 Å². The van der Waals surface area contributed by atoms with Crippen LogP contribution in [0.15, 0.2) is 46.9 Å². The predicted octanol–water partition coefficient (Wildman–Crippen LogP) is 4.40. The third-order valence-electron chi connectivity index (χ3n) is 4.83. The van der Waals surface area contributed by atoms with Crippen molar-refractivity contribution in [1.82, 2.24) is 4.90 Å². The second kappa shape index (κ2) is 6.15. The highest BCUT2D eigenvalue weighted by Gasteiger charge is 2.48. The van der Waals surface area contributed by atoms with Gasteiger partial charge in [-0.3, -0.25) is 4.79 Å². The van der Waals surface area contributed by atoms with Crippen LogP contribution in [0, 0.1) is 0 Å². The van der Waals surface area contributed by atoms with E-state index in [1.165, 1.54) is 0 Å². The molecule has 1 saturated heterocycles. The lowest BCUT2D eigenvalue weighted by Gasteiger charge is -2.39. The molecule has 4 rings (SSSR count). The van der Waals surface area contributed by atoms with Crippen LogP contribution in [-0.2, 0) is 10.3 Å². The summed E-state index contributed by atoms with van der Waals surface area (Å²) in [6.07, 6.45) is 1.48. The Morgan fingerprint density at radius 3 is 2.88 bits per heavy atom. The quantitative estimate of drug-likeness (QED) is 0.642. The fraction of sp³-hybridized carbons (Fsp3) is 0.263. The van der Waals surface area contributed by atoms with E-state index in [1.807, 2.05) is 18.2 Å². The zero-order chi connectivity index (χ0) is 17.6. The first-order valence-corrected chi connectivity index (χ1v) is 9.24. The van der Waals surface area contributed by atoms with Gasteiger partial charge in [-0.25, -0.2) is 4.79 Å². The van der Waals surface area contributed by atoms with E-state index in [0.29, 0.717) is 35.7 Å². The summed E-state index contributed by atoms with van der Waals surface area (Å²) < 4.78 is 6.55. The number of carbonyl (C=O) groups excluding carboxylic acids is 2. The number of likely N-dealkylation sites (tertiary alicyclic amines) is 1. The largest absolute Gasteiger partial charge is 0.449 e. The van der Waals surface area contributed by atoms with Crippen LogP contribution in [0.25, 0.3) is 0 Å². The summed E-state index contributed by atoms with van der Waals surface area (Å²) in [4.78, 5) is 26.9. The molecule has 0 aliphatic carbocycles. The third-order valence-corrected chi connectivity index (χ3v) is 5.65. The van der Waals surface area contributed by atoms with Gasteiger partial charge in [0.2, 0.25) is 0 Å². The van der Waals surface area contributed by atoms with Crippen LogP contribution >= 0.6 is 27.5 Å². The van der Waals surface area contributed by atoms with E-state index in [9.17, 15) is 9.59 Å². The van der Waals surface area contributed by atoms with Crippen molar-refractivity contribution in [2.45, 2.75) is 18.4 Å². The smallest absolute Gasteiger partial charge is 0.339 e. The highest BCUT2D eigenvalue weighted by Crippen LogP contribution is 2.43. The molecular formula is C19H15BrClNO3. The molecule has 0 saturated carbocycles. The van der Waals surface area contributed by atoms with Gasteiger partial charge in [0.05, 0.1) is 22.7 Å². The second-order valence-corrected chi connectivity index (χ2v) is 7.71. The Labute approximate surface area is 158 Å². The molecule has 0 N–H and O–H groups in total. The van der Waals surface area contributed by atoms with Crippen molar-refractivity contribution in [3.8, 4) is 0 Å². The monoisotopic (exact) mass is 419 g/mol. The molecule has 25 heavy (non-hydrogen) atoms. The molecular weight excluding hydrogens is 406 g/mol. The second-order valence-electron chi connectivity index (χ2n) is 6.38. The Kier molecular flexibility index (Phi) is 4.08. The van der Waals surface area contributed by atoms with E-state index in [-0.39, 0.29) is 11.9 Å². The van der Waals surface area contributed by atoms with Crippen LogP contribution in [0.1, 0.15) is 39.1 Å². The molecule has 2 aliphatic heterocycles. The summed E-state index contributed by atoms with van der Waals surface area (Å²) in [7, 11) is 0. The lowest BCUT2D eigenvalue weighted by Crippen LogP contribution is -2.48. The Balaban J connectivity index is 1.67. The number of halogens is 2. The molecule has 2 aliphatic rings. The maximum atomic E-state index is 13.0. The van der Waals surface area contributed by atoms with Gasteiger partial charge in [-0.2, -0.15) is 0 Å². The van der Waals surface area contributed by atoms with Crippen LogP contribution in [0.5, 0.6) is 0 Å². The van der Waals surface area contributed by atoms with Crippen LogP contribution in [0.2, 0.25) is 5.02 Å². The molecule has 1 fully saturated rings. The molecule has 2 aromatic carbocycles. The Bertz CT molecular complexity index is 885. The summed E-state index contributed by atoms with van der Waals surface area (Å²) in [5.41, 5.74) is 1.17. The minimum absolute atomic E-state index is 0.147. The average molecular weight is 421 g/mol. The van der Waals surface area contributed by atoms with Gasteiger partial charge in [-0.1, -0.05) is 45.7 Å². The summed E-state index contributed by atoms with van der Waals surface area (Å²) in [6, 6.07) is 12.6. The summed E-state index contributed by atoms with van der Waals surface area (Å²) in [5.74, 6) is -0.462. The fourth-order valence-corrected chi connectivity index (χ4v) is 4.24. The van der Waals surface area contributed by atoms with Gasteiger partial charge in [0.15, 0.2) is 5.60 Å². The number of fused-ring (bicyclic) bond motifs is 2. The van der Waals surface area contributed by atoms with Gasteiger partial charge >= 0.3 is 5.97 Å². The molecule has 128 valence electrons. The van der Waals surface area contributed by atoms with Crippen molar-refractivity contribution in [2.24, 2.45) is 0 Å². The van der Waals surface area contributed by atoms with Crippen LogP contribution in [0.4, 0.5) is 0 Å². The summed E-state index contributed by atoms with van der Waals surface area (Å²) >= 11 is 9.59. The number of hydrogen-bond acceptors (Lipinski definition) is 3. The van der Waals surface area contributed by atoms with Gasteiger partial charge < -0.3 is 9.64 Å². The highest BCUT2D eigenvalue weighted by molar-refractivity contribution is 9.10. The summed E-state index contributed by atoms with van der Waals surface area (Å²) in [6.45, 7) is 0.959. The van der Waals surface area contributed by atoms with Gasteiger partial charge in [0.25, 0.3) is 5.91 Å². The molecule has 2 heterocycles. The number of ether oxygens (including phenoxy) is 1. The zero-order valence-electron chi connectivity index (χ0n) is 13.3. The molecule has 1 atom stereocenters. The highest BCUT2D eigenvalue weighted by atomic mass is 79.9. The number of hydrogen-bond donors (Lipinski definition) is 0. The predicted molar refractivity (Wildman–Crippen MR) is 97.8 cm³/mol. The Morgan fingerprint density at radius 2 is 2.04 bits per heavy atom. The SMILES string of the molecule is O=C1O[C@]2(CCCN(C(=O)c3cc(Br)ccc3Cl)C2)c2ccccc21. The van der Waals surface area contributed by atoms with Crippen LogP contribution in [-0.4, -0.2) is 29.9 Å². The minimum Gasteiger partial charge on any atom is -0.449 e. The maximum absolute atomic E-state index is 13.0. The lowest BCUT2D eigenvalue weighted by atomic mass is 9.85. The van der Waals surface area contributed by atoms with Gasteiger partial charge in [0.1, 0.15) is 0 Å². The number of esters is 1. The van der Waals surface area contributed by atoms with Gasteiger partial charge in [-0.05, 0) is 37.1 Å². The molecule has 6 heteroatoms. The van der Waals surface area contributed by atoms with E-state index < -0.39 is 5.60 Å². The van der Waals surface area contributed by atoms with Crippen molar-refractivity contribution in [1.29, 1.82) is 0 Å². The van der Waals surface area contributed by atoms with Gasteiger partial charge in [-0.15, -0.1) is 0 Å². The number of benzene rings is 2. The molecule has 2 aromatic rings. The number of amides is 1. The van der Waals surface area contributed by atoms with E-state index in [4.69, 9.17) is 16.3 Å². The van der Waals surface area contributed by atoms with Crippen LogP contribution < -0.4 is 0 Å². The average Bonchev–Trinajstić information content (AvgIpc) is 2.88. The maximum Gasteiger partial charge on any atom is 0.339 e. The van der Waals surface area contributed by atoms with Crippen molar-refractivity contribution in [3.63, 3.8) is 0 Å². The topological polar surface area (TPSA) is 46.6 Å². The van der Waals surface area contributed by atoms with E-state index >= 15 is 0 Å². The molecule has 0 radical (unpaired) electrons. The number of piperidine rings is 1. The normalized spacial score (nSPS) is 22.0. The summed E-state index contributed by atoms with van der Waals surface area (Å²) in [5, 5.41) is 0.414. The molecule has 4 nitrogen and oxygen atoms in total. The Hall–Kier alpha value is -1.85. The first-order chi connectivity index (χ1) is 12.0. The minimum atomic E-state index is -0.750. The molecule has 1 spiro atoms. The fourth-order valence-electron chi connectivity index (χ4n) is 3.68. The van der Waals surface area contributed by atoms with E-state index in [2.05, 4.69) is 15.9 Å². The van der Waals surface area contributed by atoms with Crippen molar-refractivity contribution >= 4 is 39.4 Å². The number of carbonyl (C=O) groups is 2. The zero-order valence-corrected chi connectivity index (χ0v) is 15.6. The molecule has 1 amide bonds.